The molecule has 1 saturated heterocycles. The lowest BCUT2D eigenvalue weighted by Crippen LogP contribution is -2.36. The third-order valence-electron chi connectivity index (χ3n) is 4.95. The van der Waals surface area contributed by atoms with Gasteiger partial charge in [-0.25, -0.2) is 15.0 Å². The van der Waals surface area contributed by atoms with Crippen molar-refractivity contribution in [3.05, 3.63) is 47.7 Å². The van der Waals surface area contributed by atoms with Crippen molar-refractivity contribution in [2.45, 2.75) is 32.1 Å². The van der Waals surface area contributed by atoms with Crippen molar-refractivity contribution in [2.24, 2.45) is 0 Å². The van der Waals surface area contributed by atoms with Gasteiger partial charge in [0.05, 0.1) is 17.5 Å². The first-order valence-corrected chi connectivity index (χ1v) is 8.82. The van der Waals surface area contributed by atoms with Crippen LogP contribution in [0.15, 0.2) is 30.7 Å². The summed E-state index contributed by atoms with van der Waals surface area (Å²) in [6.45, 7) is 3.70. The molecule has 1 atom stereocenters. The van der Waals surface area contributed by atoms with E-state index in [9.17, 15) is 4.79 Å². The lowest BCUT2D eigenvalue weighted by Gasteiger charge is -2.33. The number of hydrogen-bond acceptors (Lipinski definition) is 5. The van der Waals surface area contributed by atoms with Gasteiger partial charge >= 0.3 is 5.97 Å². The molecule has 3 heterocycles. The first-order valence-electron chi connectivity index (χ1n) is 8.82. The normalized spacial score (nSPS) is 17.6. The molecule has 0 bridgehead atoms. The summed E-state index contributed by atoms with van der Waals surface area (Å²) in [6.07, 6.45) is 5.08. The fourth-order valence-corrected chi connectivity index (χ4v) is 3.71. The zero-order valence-corrected chi connectivity index (χ0v) is 14.6. The molecular weight excluding hydrogens is 330 g/mol. The highest BCUT2D eigenvalue weighted by Crippen LogP contribution is 2.30. The number of fused-ring (bicyclic) bond motifs is 1. The molecule has 1 fully saturated rings. The number of aromatic amines is 1. The molecule has 7 nitrogen and oxygen atoms in total. The van der Waals surface area contributed by atoms with Gasteiger partial charge < -0.3 is 15.0 Å². The third kappa shape index (κ3) is 3.12. The van der Waals surface area contributed by atoms with Crippen molar-refractivity contribution in [3.8, 4) is 0 Å². The third-order valence-corrected chi connectivity index (χ3v) is 4.95. The number of carboxylic acids is 1. The monoisotopic (exact) mass is 351 g/mol. The highest BCUT2D eigenvalue weighted by Gasteiger charge is 2.26. The number of rotatable bonds is 4. The standard InChI is InChI=1S/C19H21N5O2/c1-12-4-2-6-15-17(12)23-18(22-15)13-5-3-7-24(10-13)19-14(8-16(25)26)9-20-11-21-19/h2,4,6,9,11,13H,3,5,7-8,10H2,1H3,(H,22,23)(H,25,26)/t13-/m0/s1. The van der Waals surface area contributed by atoms with Gasteiger partial charge in [0.1, 0.15) is 18.0 Å². The number of carboxylic acid groups (broad SMARTS) is 1. The number of imidazole rings is 1. The maximum absolute atomic E-state index is 11.1. The highest BCUT2D eigenvalue weighted by molar-refractivity contribution is 5.78. The molecule has 2 N–H and O–H groups in total. The topological polar surface area (TPSA) is 95.0 Å². The number of H-pyrrole nitrogens is 1. The lowest BCUT2D eigenvalue weighted by atomic mass is 9.97. The Morgan fingerprint density at radius 2 is 2.31 bits per heavy atom. The molecule has 0 radical (unpaired) electrons. The summed E-state index contributed by atoms with van der Waals surface area (Å²) >= 11 is 0. The fraction of sp³-hybridized carbons (Fsp3) is 0.368. The summed E-state index contributed by atoms with van der Waals surface area (Å²) in [4.78, 5) is 29.9. The molecule has 134 valence electrons. The summed E-state index contributed by atoms with van der Waals surface area (Å²) in [6, 6.07) is 6.15. The van der Waals surface area contributed by atoms with Gasteiger partial charge in [-0.3, -0.25) is 4.79 Å². The van der Waals surface area contributed by atoms with Crippen LogP contribution in [0.4, 0.5) is 5.82 Å². The largest absolute Gasteiger partial charge is 0.481 e. The number of para-hydroxylation sites is 1. The van der Waals surface area contributed by atoms with Crippen molar-refractivity contribution in [2.75, 3.05) is 18.0 Å². The molecule has 1 aromatic carbocycles. The minimum atomic E-state index is -0.873. The second-order valence-electron chi connectivity index (χ2n) is 6.82. The van der Waals surface area contributed by atoms with Crippen LogP contribution in [-0.4, -0.2) is 44.1 Å². The van der Waals surface area contributed by atoms with E-state index < -0.39 is 5.97 Å². The number of aryl methyl sites for hydroxylation is 1. The number of piperidine rings is 1. The van der Waals surface area contributed by atoms with Gasteiger partial charge in [-0.2, -0.15) is 0 Å². The molecule has 0 saturated carbocycles. The average Bonchev–Trinajstić information content (AvgIpc) is 3.08. The summed E-state index contributed by atoms with van der Waals surface area (Å²) in [5.74, 6) is 1.11. The smallest absolute Gasteiger partial charge is 0.308 e. The summed E-state index contributed by atoms with van der Waals surface area (Å²) in [7, 11) is 0. The van der Waals surface area contributed by atoms with Crippen molar-refractivity contribution in [1.29, 1.82) is 0 Å². The van der Waals surface area contributed by atoms with Crippen LogP contribution in [-0.2, 0) is 11.2 Å². The van der Waals surface area contributed by atoms with E-state index in [2.05, 4.69) is 38.9 Å². The molecule has 0 aliphatic carbocycles. The van der Waals surface area contributed by atoms with E-state index in [0.29, 0.717) is 5.56 Å². The van der Waals surface area contributed by atoms with Gasteiger partial charge in [0.25, 0.3) is 0 Å². The minimum Gasteiger partial charge on any atom is -0.481 e. The number of nitrogens with one attached hydrogen (secondary N) is 1. The predicted octanol–water partition coefficient (Wildman–Crippen LogP) is 2.67. The van der Waals surface area contributed by atoms with Crippen LogP contribution in [0.5, 0.6) is 0 Å². The number of anilines is 1. The molecule has 3 aromatic rings. The molecule has 7 heteroatoms. The maximum atomic E-state index is 11.1. The number of aliphatic carboxylic acids is 1. The summed E-state index contributed by atoms with van der Waals surface area (Å²) in [5.41, 5.74) is 3.90. The average molecular weight is 351 g/mol. The van der Waals surface area contributed by atoms with Crippen LogP contribution in [0, 0.1) is 6.92 Å². The SMILES string of the molecule is Cc1cccc2[nH]c([C@H]3CCCN(c4ncncc4CC(=O)O)C3)nc12. The Labute approximate surface area is 151 Å². The van der Waals surface area contributed by atoms with Crippen LogP contribution >= 0.6 is 0 Å². The molecule has 0 spiro atoms. The molecule has 26 heavy (non-hydrogen) atoms. The summed E-state index contributed by atoms with van der Waals surface area (Å²) < 4.78 is 0. The Kier molecular flexibility index (Phi) is 4.28. The van der Waals surface area contributed by atoms with E-state index in [4.69, 9.17) is 10.1 Å². The van der Waals surface area contributed by atoms with Gasteiger partial charge in [0.15, 0.2) is 0 Å². The van der Waals surface area contributed by atoms with Gasteiger partial charge in [-0.05, 0) is 31.4 Å². The highest BCUT2D eigenvalue weighted by atomic mass is 16.4. The van der Waals surface area contributed by atoms with Gasteiger partial charge in [0, 0.05) is 30.8 Å². The Hall–Kier alpha value is -2.96. The van der Waals surface area contributed by atoms with E-state index in [1.165, 1.54) is 6.33 Å². The second-order valence-corrected chi connectivity index (χ2v) is 6.82. The molecular formula is C19H21N5O2. The number of benzene rings is 1. The predicted molar refractivity (Wildman–Crippen MR) is 98.4 cm³/mol. The molecule has 0 unspecified atom stereocenters. The number of hydrogen-bond donors (Lipinski definition) is 2. The number of aromatic nitrogens is 4. The molecule has 1 aliphatic rings. The zero-order chi connectivity index (χ0) is 18.1. The summed E-state index contributed by atoms with van der Waals surface area (Å²) in [5, 5.41) is 9.14. The molecule has 0 amide bonds. The van der Waals surface area contributed by atoms with Crippen LogP contribution in [0.1, 0.15) is 35.7 Å². The van der Waals surface area contributed by atoms with Crippen LogP contribution in [0.2, 0.25) is 0 Å². The zero-order valence-electron chi connectivity index (χ0n) is 14.6. The molecule has 2 aromatic heterocycles. The van der Waals surface area contributed by atoms with Crippen molar-refractivity contribution in [1.82, 2.24) is 19.9 Å². The molecule has 4 rings (SSSR count). The van der Waals surface area contributed by atoms with Crippen LogP contribution in [0.25, 0.3) is 11.0 Å². The Morgan fingerprint density at radius 3 is 3.12 bits per heavy atom. The van der Waals surface area contributed by atoms with E-state index in [1.807, 2.05) is 6.07 Å². The van der Waals surface area contributed by atoms with E-state index in [-0.39, 0.29) is 12.3 Å². The van der Waals surface area contributed by atoms with E-state index >= 15 is 0 Å². The number of carbonyl (C=O) groups is 1. The van der Waals surface area contributed by atoms with Gasteiger partial charge in [-0.15, -0.1) is 0 Å². The quantitative estimate of drug-likeness (QED) is 0.750. The Morgan fingerprint density at radius 1 is 1.42 bits per heavy atom. The Balaban J connectivity index is 1.61. The fourth-order valence-electron chi connectivity index (χ4n) is 3.71. The van der Waals surface area contributed by atoms with Crippen molar-refractivity contribution >= 4 is 22.8 Å². The van der Waals surface area contributed by atoms with E-state index in [0.717, 1.165) is 54.2 Å². The Bertz CT molecular complexity index is 952. The number of nitrogens with zero attached hydrogens (tertiary/aromatic N) is 4. The minimum absolute atomic E-state index is 0.0683. The molecule has 1 aliphatic heterocycles. The second kappa shape index (κ2) is 6.74. The first kappa shape index (κ1) is 16.5. The lowest BCUT2D eigenvalue weighted by molar-refractivity contribution is -0.136. The first-order chi connectivity index (χ1) is 12.6. The van der Waals surface area contributed by atoms with Crippen molar-refractivity contribution < 1.29 is 9.90 Å². The van der Waals surface area contributed by atoms with E-state index in [1.54, 1.807) is 6.20 Å². The van der Waals surface area contributed by atoms with Crippen molar-refractivity contribution in [3.63, 3.8) is 0 Å². The van der Waals surface area contributed by atoms with Crippen LogP contribution < -0.4 is 4.90 Å². The van der Waals surface area contributed by atoms with Gasteiger partial charge in [0.2, 0.25) is 0 Å². The maximum Gasteiger partial charge on any atom is 0.308 e. The van der Waals surface area contributed by atoms with Crippen LogP contribution in [0.3, 0.4) is 0 Å². The van der Waals surface area contributed by atoms with Gasteiger partial charge in [-0.1, -0.05) is 12.1 Å².